The van der Waals surface area contributed by atoms with E-state index in [-0.39, 0.29) is 36.0 Å². The first kappa shape index (κ1) is 35.5. The van der Waals surface area contributed by atoms with Gasteiger partial charge in [-0.1, -0.05) is 76.2 Å². The number of carbonyl (C=O) groups excluding carboxylic acids is 2. The largest absolute Gasteiger partial charge is 0.346 e. The zero-order chi connectivity index (χ0) is 35.4. The number of aromatic amines is 2. The Hall–Kier alpha value is -4.28. The molecule has 10 heteroatoms. The van der Waals surface area contributed by atoms with Gasteiger partial charge in [-0.15, -0.1) is 0 Å². The Morgan fingerprint density at radius 1 is 0.740 bits per heavy atom. The first-order valence-corrected chi connectivity index (χ1v) is 18.4. The van der Waals surface area contributed by atoms with Crippen LogP contribution in [-0.2, 0) is 9.59 Å². The molecule has 2 aliphatic rings. The van der Waals surface area contributed by atoms with E-state index in [4.69, 9.17) is 9.97 Å². The Bertz CT molecular complexity index is 1600. The normalized spacial score (nSPS) is 19.1. The maximum absolute atomic E-state index is 13.4. The van der Waals surface area contributed by atoms with Gasteiger partial charge in [0.25, 0.3) is 0 Å². The van der Waals surface area contributed by atoms with E-state index in [1.165, 1.54) is 0 Å². The first-order valence-electron chi connectivity index (χ1n) is 18.4. The molecule has 2 aliphatic heterocycles. The van der Waals surface area contributed by atoms with Crippen LogP contribution in [0.2, 0.25) is 0 Å². The number of nitrogens with one attached hydrogen (secondary N) is 4. The van der Waals surface area contributed by atoms with Crippen LogP contribution in [0.4, 0.5) is 0 Å². The maximum atomic E-state index is 13.4. The lowest BCUT2D eigenvalue weighted by Gasteiger charge is -2.28. The number of likely N-dealkylation sites (N-methyl/N-ethyl adjacent to an activating group) is 2. The monoisotopic (exact) mass is 678 g/mol. The number of likely N-dealkylation sites (tertiary alicyclic amines) is 2. The average Bonchev–Trinajstić information content (AvgIpc) is 3.95. The molecule has 0 radical (unpaired) electrons. The molecule has 0 saturated carbocycles. The highest BCUT2D eigenvalue weighted by atomic mass is 16.2. The van der Waals surface area contributed by atoms with Gasteiger partial charge >= 0.3 is 0 Å². The standard InChI is InChI=1S/C40H54N8O2/c1-25(2)21-31(41-5)39(49)47-19-7-9-35(47)37-43-23-33(45-37)29-15-11-27(12-16-29)28-13-17-30(18-14-28)34-24-44-38(46-34)36-10-8-20-48(36)40(50)32(42-6)22-26(3)4/h11-18,23-26,31-32,35-36,41-42H,7-10,19-22H2,1-6H3,(H,43,45)(H,44,46)/t31-,32?,35?,36?/m0/s1. The summed E-state index contributed by atoms with van der Waals surface area (Å²) in [5.74, 6) is 2.92. The van der Waals surface area contributed by atoms with Crippen molar-refractivity contribution in [1.82, 2.24) is 40.4 Å². The first-order chi connectivity index (χ1) is 24.2. The topological polar surface area (TPSA) is 122 Å². The number of H-pyrrole nitrogens is 2. The summed E-state index contributed by atoms with van der Waals surface area (Å²) < 4.78 is 0. The van der Waals surface area contributed by atoms with E-state index in [9.17, 15) is 9.59 Å². The molecule has 2 fully saturated rings. The molecule has 2 aromatic carbocycles. The molecule has 50 heavy (non-hydrogen) atoms. The highest BCUT2D eigenvalue weighted by Gasteiger charge is 2.36. The number of aromatic nitrogens is 4. The molecule has 2 amide bonds. The van der Waals surface area contributed by atoms with Gasteiger partial charge in [0, 0.05) is 24.8 Å². The second kappa shape index (κ2) is 15.7. The molecular formula is C40H54N8O2. The van der Waals surface area contributed by atoms with Gasteiger partial charge in [0.15, 0.2) is 0 Å². The Morgan fingerprint density at radius 2 is 1.22 bits per heavy atom. The van der Waals surface area contributed by atoms with E-state index in [2.05, 4.69) is 96.8 Å². The minimum Gasteiger partial charge on any atom is -0.346 e. The summed E-state index contributed by atoms with van der Waals surface area (Å²) in [5.41, 5.74) is 6.17. The fourth-order valence-electron chi connectivity index (χ4n) is 7.64. The van der Waals surface area contributed by atoms with Crippen molar-refractivity contribution in [3.8, 4) is 33.6 Å². The summed E-state index contributed by atoms with van der Waals surface area (Å²) >= 11 is 0. The molecule has 0 bridgehead atoms. The van der Waals surface area contributed by atoms with Crippen LogP contribution in [-0.4, -0.2) is 80.8 Å². The summed E-state index contributed by atoms with van der Waals surface area (Å²) in [6, 6.07) is 16.6. The number of carbonyl (C=O) groups is 2. The molecule has 4 N–H and O–H groups in total. The number of hydrogen-bond acceptors (Lipinski definition) is 6. The summed E-state index contributed by atoms with van der Waals surface area (Å²) in [4.78, 5) is 47.4. The van der Waals surface area contributed by atoms with Crippen LogP contribution in [0, 0.1) is 11.8 Å². The highest BCUT2D eigenvalue weighted by Crippen LogP contribution is 2.35. The van der Waals surface area contributed by atoms with Crippen molar-refractivity contribution >= 4 is 11.8 Å². The van der Waals surface area contributed by atoms with Crippen molar-refractivity contribution in [2.24, 2.45) is 11.8 Å². The number of rotatable bonds is 13. The molecule has 3 unspecified atom stereocenters. The van der Waals surface area contributed by atoms with Gasteiger partial charge in [-0.2, -0.15) is 0 Å². The fourth-order valence-corrected chi connectivity index (χ4v) is 7.64. The van der Waals surface area contributed by atoms with Crippen LogP contribution >= 0.6 is 0 Å². The molecule has 0 spiro atoms. The number of imidazole rings is 2. The zero-order valence-electron chi connectivity index (χ0n) is 30.5. The van der Waals surface area contributed by atoms with E-state index in [1.807, 2.05) is 36.3 Å². The second-order valence-electron chi connectivity index (χ2n) is 14.8. The van der Waals surface area contributed by atoms with Gasteiger partial charge in [-0.25, -0.2) is 9.97 Å². The summed E-state index contributed by atoms with van der Waals surface area (Å²) in [6.07, 6.45) is 9.27. The third-order valence-electron chi connectivity index (χ3n) is 10.3. The summed E-state index contributed by atoms with van der Waals surface area (Å²) in [5, 5.41) is 6.46. The van der Waals surface area contributed by atoms with Crippen molar-refractivity contribution in [2.45, 2.75) is 90.4 Å². The molecule has 2 aromatic heterocycles. The van der Waals surface area contributed by atoms with Crippen LogP contribution < -0.4 is 10.6 Å². The molecule has 4 atom stereocenters. The number of benzene rings is 2. The van der Waals surface area contributed by atoms with E-state index >= 15 is 0 Å². The van der Waals surface area contributed by atoms with Crippen LogP contribution in [0.1, 0.15) is 90.0 Å². The second-order valence-corrected chi connectivity index (χ2v) is 14.8. The third kappa shape index (κ3) is 7.71. The Morgan fingerprint density at radius 3 is 1.72 bits per heavy atom. The predicted octanol–water partition coefficient (Wildman–Crippen LogP) is 6.73. The SMILES string of the molecule is CNC(CC(C)C)C(=O)N1CCCC1c1ncc(-c2ccc(-c3ccc(-c4c[nH]c(C5CCCN5C(=O)[C@H](CC(C)C)NC)n4)cc3)cc2)[nH]1. The highest BCUT2D eigenvalue weighted by molar-refractivity contribution is 5.83. The lowest BCUT2D eigenvalue weighted by Crippen LogP contribution is -2.45. The summed E-state index contributed by atoms with van der Waals surface area (Å²) in [6.45, 7) is 10.1. The number of nitrogens with zero attached hydrogens (tertiary/aromatic N) is 4. The maximum Gasteiger partial charge on any atom is 0.240 e. The van der Waals surface area contributed by atoms with E-state index in [1.54, 1.807) is 0 Å². The van der Waals surface area contributed by atoms with Crippen LogP contribution in [0.25, 0.3) is 33.6 Å². The van der Waals surface area contributed by atoms with Crippen LogP contribution in [0.3, 0.4) is 0 Å². The van der Waals surface area contributed by atoms with Crippen molar-refractivity contribution in [2.75, 3.05) is 27.2 Å². The lowest BCUT2D eigenvalue weighted by atomic mass is 10.0. The van der Waals surface area contributed by atoms with Crippen molar-refractivity contribution < 1.29 is 9.59 Å². The molecule has 4 heterocycles. The molecule has 266 valence electrons. The van der Waals surface area contributed by atoms with Gasteiger partial charge in [-0.05, 0) is 81.1 Å². The van der Waals surface area contributed by atoms with Gasteiger partial charge in [-0.3, -0.25) is 9.59 Å². The van der Waals surface area contributed by atoms with Gasteiger partial charge in [0.1, 0.15) is 11.6 Å². The Kier molecular flexibility index (Phi) is 11.2. The average molecular weight is 679 g/mol. The zero-order valence-corrected chi connectivity index (χ0v) is 30.5. The Labute approximate surface area is 296 Å². The Balaban J connectivity index is 1.10. The fraction of sp³-hybridized carbons (Fsp3) is 0.500. The predicted molar refractivity (Wildman–Crippen MR) is 199 cm³/mol. The smallest absolute Gasteiger partial charge is 0.240 e. The summed E-state index contributed by atoms with van der Waals surface area (Å²) in [7, 11) is 3.75. The molecular weight excluding hydrogens is 624 g/mol. The third-order valence-corrected chi connectivity index (χ3v) is 10.3. The molecule has 2 saturated heterocycles. The van der Waals surface area contributed by atoms with E-state index in [0.717, 1.165) is 96.9 Å². The van der Waals surface area contributed by atoms with E-state index in [0.29, 0.717) is 11.8 Å². The lowest BCUT2D eigenvalue weighted by molar-refractivity contribution is -0.135. The molecule has 10 nitrogen and oxygen atoms in total. The van der Waals surface area contributed by atoms with E-state index < -0.39 is 0 Å². The minimum absolute atomic E-state index is 0.0250. The van der Waals surface area contributed by atoms with Crippen molar-refractivity contribution in [3.05, 3.63) is 72.6 Å². The molecule has 0 aliphatic carbocycles. The van der Waals surface area contributed by atoms with Gasteiger partial charge in [0.05, 0.1) is 41.8 Å². The van der Waals surface area contributed by atoms with Crippen molar-refractivity contribution in [1.29, 1.82) is 0 Å². The number of hydrogen-bond donors (Lipinski definition) is 4. The van der Waals surface area contributed by atoms with Crippen LogP contribution in [0.5, 0.6) is 0 Å². The number of amides is 2. The molecule has 4 aromatic rings. The van der Waals surface area contributed by atoms with Crippen molar-refractivity contribution in [3.63, 3.8) is 0 Å². The van der Waals surface area contributed by atoms with Gasteiger partial charge < -0.3 is 30.4 Å². The van der Waals surface area contributed by atoms with Crippen LogP contribution in [0.15, 0.2) is 60.9 Å². The quantitative estimate of drug-likeness (QED) is 0.124. The minimum atomic E-state index is -0.172. The molecule has 6 rings (SSSR count). The van der Waals surface area contributed by atoms with Gasteiger partial charge in [0.2, 0.25) is 11.8 Å².